The Morgan fingerprint density at radius 1 is 1.06 bits per heavy atom. The van der Waals surface area contributed by atoms with E-state index < -0.39 is 0 Å². The van der Waals surface area contributed by atoms with Crippen molar-refractivity contribution in [3.05, 3.63) is 98.9 Å². The van der Waals surface area contributed by atoms with E-state index in [0.29, 0.717) is 21.4 Å². The summed E-state index contributed by atoms with van der Waals surface area (Å²) in [5, 5.41) is 5.39. The number of rotatable bonds is 6. The van der Waals surface area contributed by atoms with Gasteiger partial charge in [0.2, 0.25) is 0 Å². The lowest BCUT2D eigenvalue weighted by molar-refractivity contribution is 0.0955. The maximum Gasteiger partial charge on any atom is 0.271 e. The van der Waals surface area contributed by atoms with Crippen molar-refractivity contribution in [1.29, 1.82) is 0 Å². The van der Waals surface area contributed by atoms with E-state index in [0.717, 1.165) is 26.4 Å². The van der Waals surface area contributed by atoms with Gasteiger partial charge < -0.3 is 8.98 Å². The van der Waals surface area contributed by atoms with Gasteiger partial charge in [-0.3, -0.25) is 4.79 Å². The van der Waals surface area contributed by atoms with Gasteiger partial charge >= 0.3 is 0 Å². The lowest BCUT2D eigenvalue weighted by Gasteiger charge is -2.09. The number of amides is 1. The quantitative estimate of drug-likeness (QED) is 0.216. The molecule has 162 valence electrons. The number of hydrazone groups is 1. The van der Waals surface area contributed by atoms with Crippen molar-refractivity contribution in [3.8, 4) is 5.69 Å². The summed E-state index contributed by atoms with van der Waals surface area (Å²) >= 11 is 10.9. The van der Waals surface area contributed by atoms with Crippen LogP contribution in [0.25, 0.3) is 5.69 Å². The van der Waals surface area contributed by atoms with E-state index in [1.54, 1.807) is 18.2 Å². The van der Waals surface area contributed by atoms with Crippen molar-refractivity contribution in [2.45, 2.75) is 23.8 Å². The molecule has 8 heteroatoms. The molecule has 0 bridgehead atoms. The van der Waals surface area contributed by atoms with Crippen LogP contribution in [-0.2, 0) is 0 Å². The van der Waals surface area contributed by atoms with E-state index in [1.807, 2.05) is 36.4 Å². The number of benzene rings is 2. The van der Waals surface area contributed by atoms with E-state index in [9.17, 15) is 4.79 Å². The van der Waals surface area contributed by atoms with Gasteiger partial charge in [0.15, 0.2) is 5.09 Å². The Hall–Kier alpha value is -2.74. The minimum Gasteiger partial charge on any atom is -0.447 e. The van der Waals surface area contributed by atoms with E-state index in [2.05, 4.69) is 57.0 Å². The largest absolute Gasteiger partial charge is 0.447 e. The molecule has 2 aromatic carbocycles. The van der Waals surface area contributed by atoms with Gasteiger partial charge in [0.1, 0.15) is 5.76 Å². The van der Waals surface area contributed by atoms with Crippen LogP contribution in [-0.4, -0.2) is 16.7 Å². The molecule has 0 spiro atoms. The molecule has 1 amide bonds. The number of nitrogens with zero attached hydrogens (tertiary/aromatic N) is 2. The molecule has 2 aromatic heterocycles. The first-order chi connectivity index (χ1) is 15.4. The number of carbonyl (C=O) groups is 1. The maximum absolute atomic E-state index is 12.4. The number of halogens is 2. The van der Waals surface area contributed by atoms with Crippen molar-refractivity contribution in [1.82, 2.24) is 9.99 Å². The molecule has 32 heavy (non-hydrogen) atoms. The second-order valence-corrected chi connectivity index (χ2v) is 9.37. The molecule has 0 aliphatic rings. The monoisotopic (exact) mass is 527 g/mol. The number of nitrogens with one attached hydrogen (secondary N) is 1. The van der Waals surface area contributed by atoms with Gasteiger partial charge in [-0.25, -0.2) is 5.43 Å². The molecular weight excluding hydrogens is 510 g/mol. The van der Waals surface area contributed by atoms with Gasteiger partial charge in [0, 0.05) is 38.6 Å². The van der Waals surface area contributed by atoms with Crippen LogP contribution in [0.2, 0.25) is 5.02 Å². The zero-order valence-electron chi connectivity index (χ0n) is 17.3. The van der Waals surface area contributed by atoms with Crippen LogP contribution in [0, 0.1) is 13.8 Å². The molecule has 0 aliphatic heterocycles. The number of furan rings is 1. The SMILES string of the molecule is Cc1ccc(C)n1-c1ccc(C(=O)N/N=C\c2cc(Br)c(Sc3ccc(Cl)cc3)o2)cc1. The summed E-state index contributed by atoms with van der Waals surface area (Å²) in [4.78, 5) is 13.4. The molecule has 0 aliphatic carbocycles. The lowest BCUT2D eigenvalue weighted by Crippen LogP contribution is -2.17. The summed E-state index contributed by atoms with van der Waals surface area (Å²) < 4.78 is 8.73. The normalized spacial score (nSPS) is 11.2. The Labute approximate surface area is 203 Å². The Kier molecular flexibility index (Phi) is 6.89. The summed E-state index contributed by atoms with van der Waals surface area (Å²) in [5.74, 6) is 0.220. The van der Waals surface area contributed by atoms with Crippen LogP contribution in [0.5, 0.6) is 0 Å². The average molecular weight is 529 g/mol. The fourth-order valence-electron chi connectivity index (χ4n) is 3.17. The molecule has 2 heterocycles. The third-order valence-electron chi connectivity index (χ3n) is 4.72. The van der Waals surface area contributed by atoms with Gasteiger partial charge in [-0.1, -0.05) is 23.4 Å². The molecule has 0 unspecified atom stereocenters. The molecule has 0 atom stereocenters. The Morgan fingerprint density at radius 2 is 1.72 bits per heavy atom. The number of carbonyl (C=O) groups excluding carboxylic acids is 1. The summed E-state index contributed by atoms with van der Waals surface area (Å²) in [5.41, 5.74) is 6.35. The van der Waals surface area contributed by atoms with Crippen LogP contribution in [0.15, 0.2) is 90.7 Å². The highest BCUT2D eigenvalue weighted by molar-refractivity contribution is 9.10. The predicted octanol–water partition coefficient (Wildman–Crippen LogP) is 7.02. The van der Waals surface area contributed by atoms with Crippen molar-refractivity contribution in [3.63, 3.8) is 0 Å². The number of aromatic nitrogens is 1. The minimum absolute atomic E-state index is 0.296. The van der Waals surface area contributed by atoms with Crippen LogP contribution in [0.4, 0.5) is 0 Å². The van der Waals surface area contributed by atoms with Crippen LogP contribution in [0.1, 0.15) is 27.5 Å². The summed E-state index contributed by atoms with van der Waals surface area (Å²) in [6.07, 6.45) is 1.47. The number of aryl methyl sites for hydroxylation is 2. The highest BCUT2D eigenvalue weighted by Gasteiger charge is 2.11. The van der Waals surface area contributed by atoms with E-state index in [1.165, 1.54) is 18.0 Å². The average Bonchev–Trinajstić information content (AvgIpc) is 3.30. The molecule has 5 nitrogen and oxygen atoms in total. The number of hydrogen-bond acceptors (Lipinski definition) is 4. The Morgan fingerprint density at radius 3 is 2.38 bits per heavy atom. The summed E-state index contributed by atoms with van der Waals surface area (Å²) in [7, 11) is 0. The molecule has 1 N–H and O–H groups in total. The third-order valence-corrected chi connectivity index (χ3v) is 6.82. The van der Waals surface area contributed by atoms with Gasteiger partial charge in [-0.05, 0) is 90.4 Å². The molecule has 0 saturated heterocycles. The molecule has 0 radical (unpaired) electrons. The topological polar surface area (TPSA) is 59.5 Å². The number of hydrogen-bond donors (Lipinski definition) is 1. The first-order valence-corrected chi connectivity index (χ1v) is 11.7. The minimum atomic E-state index is -0.296. The summed E-state index contributed by atoms with van der Waals surface area (Å²) in [6, 6.07) is 20.8. The van der Waals surface area contributed by atoms with Crippen molar-refractivity contribution in [2.75, 3.05) is 0 Å². The highest BCUT2D eigenvalue weighted by Crippen LogP contribution is 2.35. The second kappa shape index (κ2) is 9.81. The molecule has 4 aromatic rings. The predicted molar refractivity (Wildman–Crippen MR) is 132 cm³/mol. The lowest BCUT2D eigenvalue weighted by atomic mass is 10.2. The highest BCUT2D eigenvalue weighted by atomic mass is 79.9. The van der Waals surface area contributed by atoms with Gasteiger partial charge in [0.05, 0.1) is 10.7 Å². The Balaban J connectivity index is 1.38. The second-order valence-electron chi connectivity index (χ2n) is 7.04. The van der Waals surface area contributed by atoms with Crippen LogP contribution < -0.4 is 5.43 Å². The van der Waals surface area contributed by atoms with Crippen molar-refractivity contribution in [2.24, 2.45) is 5.10 Å². The van der Waals surface area contributed by atoms with Gasteiger partial charge in [0.25, 0.3) is 5.91 Å². The zero-order chi connectivity index (χ0) is 22.7. The van der Waals surface area contributed by atoms with Crippen LogP contribution >= 0.6 is 39.3 Å². The van der Waals surface area contributed by atoms with E-state index >= 15 is 0 Å². The van der Waals surface area contributed by atoms with E-state index in [-0.39, 0.29) is 5.91 Å². The van der Waals surface area contributed by atoms with Crippen molar-refractivity contribution < 1.29 is 9.21 Å². The van der Waals surface area contributed by atoms with Gasteiger partial charge in [-0.15, -0.1) is 0 Å². The van der Waals surface area contributed by atoms with E-state index in [4.69, 9.17) is 16.0 Å². The summed E-state index contributed by atoms with van der Waals surface area (Å²) in [6.45, 7) is 4.10. The zero-order valence-corrected chi connectivity index (χ0v) is 20.5. The standard InChI is InChI=1S/C24H19BrClN3O2S/c1-15-3-4-16(2)29(15)19-9-5-17(6-10-19)23(30)28-27-14-20-13-22(25)24(31-20)32-21-11-7-18(26)8-12-21/h3-14H,1-2H3,(H,28,30)/b27-14-. The van der Waals surface area contributed by atoms with Crippen LogP contribution in [0.3, 0.4) is 0 Å². The Bertz CT molecular complexity index is 1260. The van der Waals surface area contributed by atoms with Gasteiger partial charge in [-0.2, -0.15) is 5.10 Å². The smallest absolute Gasteiger partial charge is 0.271 e. The molecule has 0 saturated carbocycles. The third kappa shape index (κ3) is 5.18. The molecule has 4 rings (SSSR count). The first kappa shape index (κ1) is 22.5. The first-order valence-electron chi connectivity index (χ1n) is 9.72. The fraction of sp³-hybridized carbons (Fsp3) is 0.0833. The fourth-order valence-corrected chi connectivity index (χ4v) is 4.62. The molecular formula is C24H19BrClN3O2S. The maximum atomic E-state index is 12.4. The molecule has 0 fully saturated rings. The van der Waals surface area contributed by atoms with Crippen molar-refractivity contribution >= 4 is 51.4 Å².